The van der Waals surface area contributed by atoms with Gasteiger partial charge in [0.25, 0.3) is 0 Å². The van der Waals surface area contributed by atoms with Crippen LogP contribution in [0.5, 0.6) is 0 Å². The summed E-state index contributed by atoms with van der Waals surface area (Å²) in [6.45, 7) is 3.64. The van der Waals surface area contributed by atoms with Crippen LogP contribution in [0.2, 0.25) is 0 Å². The van der Waals surface area contributed by atoms with E-state index in [0.29, 0.717) is 17.7 Å². The molecule has 26 heavy (non-hydrogen) atoms. The molecule has 2 aliphatic rings. The van der Waals surface area contributed by atoms with Crippen LogP contribution in [-0.4, -0.2) is 54.5 Å². The second-order valence-corrected chi connectivity index (χ2v) is 8.42. The number of carbonyl (C=O) groups excluding carboxylic acids is 3. The van der Waals surface area contributed by atoms with Crippen molar-refractivity contribution < 1.29 is 22.8 Å². The van der Waals surface area contributed by atoms with Gasteiger partial charge in [-0.3, -0.25) is 19.3 Å². The number of likely N-dealkylation sites (tertiary alicyclic amines) is 1. The normalized spacial score (nSPS) is 18.9. The first kappa shape index (κ1) is 18.5. The lowest BCUT2D eigenvalue weighted by Crippen LogP contribution is -2.62. The van der Waals surface area contributed by atoms with Crippen LogP contribution >= 0.6 is 0 Å². The Labute approximate surface area is 152 Å². The van der Waals surface area contributed by atoms with E-state index >= 15 is 0 Å². The monoisotopic (exact) mass is 379 g/mol. The van der Waals surface area contributed by atoms with Crippen LogP contribution in [0.15, 0.2) is 23.1 Å². The second-order valence-electron chi connectivity index (χ2n) is 6.52. The van der Waals surface area contributed by atoms with E-state index < -0.39 is 10.0 Å². The van der Waals surface area contributed by atoms with Gasteiger partial charge in [0.2, 0.25) is 27.7 Å². The number of amides is 3. The maximum atomic E-state index is 12.8. The smallest absolute Gasteiger partial charge is 0.243 e. The highest BCUT2D eigenvalue weighted by atomic mass is 32.2. The summed E-state index contributed by atoms with van der Waals surface area (Å²) in [4.78, 5) is 36.3. The molecule has 3 rings (SSSR count). The lowest BCUT2D eigenvalue weighted by molar-refractivity contribution is -0.143. The topological polar surface area (TPSA) is 104 Å². The summed E-state index contributed by atoms with van der Waals surface area (Å²) in [7, 11) is -3.71. The first-order valence-electron chi connectivity index (χ1n) is 8.49. The molecule has 2 saturated heterocycles. The molecular formula is C17H21N3O5S. The van der Waals surface area contributed by atoms with Gasteiger partial charge in [0.1, 0.15) is 0 Å². The molecule has 0 atom stereocenters. The standard InChI is InChI=1S/C17H21N3O5S/c1-3-15(21)18-12-4-5-14(11(2)8-12)26(24,25)19-9-13(10-19)20-16(22)6-7-17(20)23/h4-5,8,13H,3,6-7,9-10H2,1-2H3,(H,18,21). The molecule has 1 N–H and O–H groups in total. The number of hydrogen-bond donors (Lipinski definition) is 1. The summed E-state index contributed by atoms with van der Waals surface area (Å²) in [6, 6.07) is 4.26. The molecule has 1 aromatic carbocycles. The molecule has 0 saturated carbocycles. The summed E-state index contributed by atoms with van der Waals surface area (Å²) in [5.41, 5.74) is 1.07. The van der Waals surface area contributed by atoms with Crippen molar-refractivity contribution in [3.8, 4) is 0 Å². The van der Waals surface area contributed by atoms with Gasteiger partial charge in [-0.25, -0.2) is 8.42 Å². The number of rotatable bonds is 5. The maximum Gasteiger partial charge on any atom is 0.243 e. The Bertz CT molecular complexity index is 858. The van der Waals surface area contributed by atoms with Gasteiger partial charge in [-0.2, -0.15) is 4.31 Å². The predicted molar refractivity (Wildman–Crippen MR) is 93.7 cm³/mol. The van der Waals surface area contributed by atoms with Crippen LogP contribution < -0.4 is 5.32 Å². The van der Waals surface area contributed by atoms with Crippen LogP contribution in [0.25, 0.3) is 0 Å². The van der Waals surface area contributed by atoms with Gasteiger partial charge in [-0.1, -0.05) is 6.92 Å². The van der Waals surface area contributed by atoms with Crippen LogP contribution in [0.3, 0.4) is 0 Å². The number of carbonyl (C=O) groups is 3. The molecule has 9 heteroatoms. The van der Waals surface area contributed by atoms with Crippen molar-refractivity contribution in [1.82, 2.24) is 9.21 Å². The van der Waals surface area contributed by atoms with E-state index in [1.54, 1.807) is 26.0 Å². The van der Waals surface area contributed by atoms with Crippen molar-refractivity contribution >= 4 is 33.4 Å². The number of benzene rings is 1. The van der Waals surface area contributed by atoms with Gasteiger partial charge in [-0.15, -0.1) is 0 Å². The van der Waals surface area contributed by atoms with E-state index in [4.69, 9.17) is 0 Å². The molecule has 0 aromatic heterocycles. The SMILES string of the molecule is CCC(=O)Nc1ccc(S(=O)(=O)N2CC(N3C(=O)CCC3=O)C2)c(C)c1. The molecule has 2 fully saturated rings. The zero-order valence-electron chi connectivity index (χ0n) is 14.7. The Morgan fingerprint density at radius 3 is 2.35 bits per heavy atom. The molecule has 2 heterocycles. The van der Waals surface area contributed by atoms with E-state index in [2.05, 4.69) is 5.32 Å². The highest BCUT2D eigenvalue weighted by Gasteiger charge is 2.45. The fourth-order valence-corrected chi connectivity index (χ4v) is 4.90. The zero-order valence-corrected chi connectivity index (χ0v) is 15.5. The average Bonchev–Trinajstić information content (AvgIpc) is 2.85. The molecular weight excluding hydrogens is 358 g/mol. The Morgan fingerprint density at radius 2 is 1.81 bits per heavy atom. The maximum absolute atomic E-state index is 12.8. The number of sulfonamides is 1. The summed E-state index contributed by atoms with van der Waals surface area (Å²) >= 11 is 0. The minimum atomic E-state index is -3.71. The fraction of sp³-hybridized carbons (Fsp3) is 0.471. The fourth-order valence-electron chi connectivity index (χ4n) is 3.18. The van der Waals surface area contributed by atoms with Crippen molar-refractivity contribution in [2.75, 3.05) is 18.4 Å². The van der Waals surface area contributed by atoms with Gasteiger partial charge >= 0.3 is 0 Å². The molecule has 0 unspecified atom stereocenters. The Kier molecular flexibility index (Phi) is 4.85. The molecule has 140 valence electrons. The van der Waals surface area contributed by atoms with Gasteiger partial charge in [0, 0.05) is 38.0 Å². The first-order chi connectivity index (χ1) is 12.2. The van der Waals surface area contributed by atoms with E-state index in [9.17, 15) is 22.8 Å². The van der Waals surface area contributed by atoms with Gasteiger partial charge in [-0.05, 0) is 30.7 Å². The molecule has 2 aliphatic heterocycles. The average molecular weight is 379 g/mol. The lowest BCUT2D eigenvalue weighted by atomic mass is 10.1. The number of anilines is 1. The summed E-state index contributed by atoms with van der Waals surface area (Å²) in [5, 5.41) is 2.69. The summed E-state index contributed by atoms with van der Waals surface area (Å²) in [6.07, 6.45) is 0.737. The van der Waals surface area contributed by atoms with E-state index in [-0.39, 0.29) is 54.6 Å². The van der Waals surface area contributed by atoms with Crippen molar-refractivity contribution in [1.29, 1.82) is 0 Å². The number of nitrogens with zero attached hydrogens (tertiary/aromatic N) is 2. The Hall–Kier alpha value is -2.26. The number of aryl methyl sites for hydroxylation is 1. The van der Waals surface area contributed by atoms with Crippen LogP contribution in [0.1, 0.15) is 31.7 Å². The summed E-state index contributed by atoms with van der Waals surface area (Å²) in [5.74, 6) is -0.612. The molecule has 0 aliphatic carbocycles. The predicted octanol–water partition coefficient (Wildman–Crippen LogP) is 0.865. The first-order valence-corrected chi connectivity index (χ1v) is 9.93. The highest BCUT2D eigenvalue weighted by Crippen LogP contribution is 2.29. The van der Waals surface area contributed by atoms with Crippen molar-refractivity contribution in [2.24, 2.45) is 0 Å². The van der Waals surface area contributed by atoms with Crippen LogP contribution in [0.4, 0.5) is 5.69 Å². The number of imide groups is 1. The van der Waals surface area contributed by atoms with Crippen LogP contribution in [-0.2, 0) is 24.4 Å². The Morgan fingerprint density at radius 1 is 1.19 bits per heavy atom. The van der Waals surface area contributed by atoms with E-state index in [1.165, 1.54) is 15.3 Å². The van der Waals surface area contributed by atoms with E-state index in [0.717, 1.165) is 0 Å². The Balaban J connectivity index is 1.72. The highest BCUT2D eigenvalue weighted by molar-refractivity contribution is 7.89. The summed E-state index contributed by atoms with van der Waals surface area (Å²) < 4.78 is 26.9. The second kappa shape index (κ2) is 6.81. The lowest BCUT2D eigenvalue weighted by Gasteiger charge is -2.42. The zero-order chi connectivity index (χ0) is 19.1. The quantitative estimate of drug-likeness (QED) is 0.765. The molecule has 1 aromatic rings. The third-order valence-electron chi connectivity index (χ3n) is 4.68. The van der Waals surface area contributed by atoms with Gasteiger partial charge < -0.3 is 5.32 Å². The molecule has 8 nitrogen and oxygen atoms in total. The molecule has 3 amide bonds. The van der Waals surface area contributed by atoms with Crippen molar-refractivity contribution in [3.05, 3.63) is 23.8 Å². The molecule has 0 spiro atoms. The number of nitrogens with one attached hydrogen (secondary N) is 1. The van der Waals surface area contributed by atoms with Crippen molar-refractivity contribution in [2.45, 2.75) is 44.0 Å². The third-order valence-corrected chi connectivity index (χ3v) is 6.67. The van der Waals surface area contributed by atoms with Gasteiger partial charge in [0.15, 0.2) is 0 Å². The van der Waals surface area contributed by atoms with Gasteiger partial charge in [0.05, 0.1) is 10.9 Å². The van der Waals surface area contributed by atoms with Crippen LogP contribution in [0, 0.1) is 6.92 Å². The third kappa shape index (κ3) is 3.24. The number of hydrogen-bond acceptors (Lipinski definition) is 5. The minimum Gasteiger partial charge on any atom is -0.326 e. The molecule has 0 bridgehead atoms. The largest absolute Gasteiger partial charge is 0.326 e. The molecule has 0 radical (unpaired) electrons. The van der Waals surface area contributed by atoms with Crippen molar-refractivity contribution in [3.63, 3.8) is 0 Å². The minimum absolute atomic E-state index is 0.119. The van der Waals surface area contributed by atoms with E-state index in [1.807, 2.05) is 0 Å².